The highest BCUT2D eigenvalue weighted by molar-refractivity contribution is 7.45. The van der Waals surface area contributed by atoms with Crippen LogP contribution >= 0.6 is 7.82 Å². The van der Waals surface area contributed by atoms with Crippen molar-refractivity contribution in [2.24, 2.45) is 0 Å². The van der Waals surface area contributed by atoms with E-state index in [9.17, 15) is 19.0 Å². The number of nitrogens with zero attached hydrogens (tertiary/aromatic N) is 1. The summed E-state index contributed by atoms with van der Waals surface area (Å²) in [5.74, 6) is -0.859. The van der Waals surface area contributed by atoms with E-state index in [1.807, 2.05) is 21.1 Å². The molecule has 0 N–H and O–H groups in total. The van der Waals surface area contributed by atoms with Crippen LogP contribution in [-0.2, 0) is 32.7 Å². The van der Waals surface area contributed by atoms with Gasteiger partial charge in [-0.05, 0) is 77.0 Å². The van der Waals surface area contributed by atoms with Crippen LogP contribution in [0.2, 0.25) is 0 Å². The Morgan fingerprint density at radius 2 is 0.931 bits per heavy atom. The maximum atomic E-state index is 12.7. The largest absolute Gasteiger partial charge is 0.756 e. The van der Waals surface area contributed by atoms with Crippen LogP contribution < -0.4 is 4.89 Å². The van der Waals surface area contributed by atoms with Crippen molar-refractivity contribution in [3.8, 4) is 0 Å². The first-order valence-electron chi connectivity index (χ1n) is 23.3. The van der Waals surface area contributed by atoms with Gasteiger partial charge in [-0.15, -0.1) is 0 Å². The number of phosphoric ester groups is 1. The number of carbonyl (C=O) groups is 2. The lowest BCUT2D eigenvalue weighted by Gasteiger charge is -2.28. The molecule has 9 nitrogen and oxygen atoms in total. The fraction of sp³-hybridized carbons (Fsp3) is 0.792. The third kappa shape index (κ3) is 43.5. The van der Waals surface area contributed by atoms with E-state index in [1.165, 1.54) is 70.6 Å². The van der Waals surface area contributed by atoms with E-state index in [0.717, 1.165) is 89.9 Å². The summed E-state index contributed by atoms with van der Waals surface area (Å²) < 4.78 is 33.9. The molecule has 338 valence electrons. The molecule has 0 saturated heterocycles. The molecule has 0 rings (SSSR count). The Balaban J connectivity index is 4.37. The Labute approximate surface area is 356 Å². The maximum Gasteiger partial charge on any atom is 0.306 e. The van der Waals surface area contributed by atoms with Crippen molar-refractivity contribution >= 4 is 19.8 Å². The highest BCUT2D eigenvalue weighted by Crippen LogP contribution is 2.38. The van der Waals surface area contributed by atoms with Crippen LogP contribution in [0.1, 0.15) is 194 Å². The molecule has 0 aliphatic carbocycles. The molecule has 0 saturated carbocycles. The summed E-state index contributed by atoms with van der Waals surface area (Å²) in [5.41, 5.74) is 0. The van der Waals surface area contributed by atoms with Gasteiger partial charge in [-0.25, -0.2) is 0 Å². The summed E-state index contributed by atoms with van der Waals surface area (Å²) in [7, 11) is 1.15. The number of quaternary nitrogens is 1. The molecule has 0 aromatic carbocycles. The fourth-order valence-corrected chi connectivity index (χ4v) is 6.85. The molecule has 0 aliphatic rings. The van der Waals surface area contributed by atoms with Gasteiger partial charge in [0.25, 0.3) is 7.82 Å². The second kappa shape index (κ2) is 40.4. The van der Waals surface area contributed by atoms with Gasteiger partial charge in [0.05, 0.1) is 27.7 Å². The van der Waals surface area contributed by atoms with E-state index in [2.05, 4.69) is 62.5 Å². The Kier molecular flexibility index (Phi) is 39.0. The smallest absolute Gasteiger partial charge is 0.306 e. The molecule has 0 bridgehead atoms. The van der Waals surface area contributed by atoms with Crippen molar-refractivity contribution < 1.29 is 42.1 Å². The first-order valence-corrected chi connectivity index (χ1v) is 24.8. The fourth-order valence-electron chi connectivity index (χ4n) is 6.13. The molecule has 2 atom stereocenters. The van der Waals surface area contributed by atoms with Crippen molar-refractivity contribution in [2.75, 3.05) is 47.5 Å². The minimum absolute atomic E-state index is 0.0362. The monoisotopic (exact) mass is 838 g/mol. The minimum Gasteiger partial charge on any atom is -0.756 e. The first kappa shape index (κ1) is 56.0. The van der Waals surface area contributed by atoms with Crippen molar-refractivity contribution in [3.05, 3.63) is 48.6 Å². The minimum atomic E-state index is -4.63. The van der Waals surface area contributed by atoms with E-state index < -0.39 is 32.5 Å². The number of esters is 2. The Morgan fingerprint density at radius 1 is 0.534 bits per heavy atom. The number of rotatable bonds is 42. The van der Waals surface area contributed by atoms with Gasteiger partial charge in [0.2, 0.25) is 0 Å². The van der Waals surface area contributed by atoms with Crippen molar-refractivity contribution in [1.29, 1.82) is 0 Å². The quantitative estimate of drug-likeness (QED) is 0.0196. The zero-order chi connectivity index (χ0) is 42.8. The molecule has 2 unspecified atom stereocenters. The molecule has 0 aromatic rings. The zero-order valence-electron chi connectivity index (χ0n) is 38.0. The highest BCUT2D eigenvalue weighted by atomic mass is 31.2. The van der Waals surface area contributed by atoms with E-state index >= 15 is 0 Å². The Hall–Kier alpha value is -2.03. The number of likely N-dealkylation sites (N-methyl/N-ethyl adjacent to an activating group) is 1. The van der Waals surface area contributed by atoms with Gasteiger partial charge in [-0.3, -0.25) is 14.2 Å². The van der Waals surface area contributed by atoms with Crippen LogP contribution in [0, 0.1) is 0 Å². The number of hydrogen-bond donors (Lipinski definition) is 0. The van der Waals surface area contributed by atoms with Gasteiger partial charge in [-0.1, -0.05) is 152 Å². The predicted octanol–water partition coefficient (Wildman–Crippen LogP) is 12.8. The maximum absolute atomic E-state index is 12.7. The third-order valence-corrected chi connectivity index (χ3v) is 10.8. The summed E-state index contributed by atoms with van der Waals surface area (Å²) in [6.07, 6.45) is 47.0. The molecular formula is C48H88NO8P. The van der Waals surface area contributed by atoms with Crippen LogP contribution in [0.25, 0.3) is 0 Å². The summed E-state index contributed by atoms with van der Waals surface area (Å²) in [6, 6.07) is 0. The molecule has 10 heteroatoms. The Morgan fingerprint density at radius 3 is 1.43 bits per heavy atom. The number of ether oxygens (including phenoxy) is 2. The zero-order valence-corrected chi connectivity index (χ0v) is 38.9. The van der Waals surface area contributed by atoms with E-state index in [4.69, 9.17) is 18.5 Å². The van der Waals surface area contributed by atoms with Gasteiger partial charge in [0.1, 0.15) is 19.8 Å². The van der Waals surface area contributed by atoms with E-state index in [0.29, 0.717) is 17.4 Å². The number of hydrogen-bond acceptors (Lipinski definition) is 8. The van der Waals surface area contributed by atoms with Gasteiger partial charge < -0.3 is 27.9 Å². The average Bonchev–Trinajstić information content (AvgIpc) is 3.17. The number of phosphoric acid groups is 1. The van der Waals surface area contributed by atoms with E-state index in [-0.39, 0.29) is 26.1 Å². The van der Waals surface area contributed by atoms with Crippen LogP contribution in [-0.4, -0.2) is 70.0 Å². The lowest BCUT2D eigenvalue weighted by molar-refractivity contribution is -0.870. The summed E-state index contributed by atoms with van der Waals surface area (Å²) in [4.78, 5) is 37.6. The highest BCUT2D eigenvalue weighted by Gasteiger charge is 2.21. The molecule has 0 heterocycles. The molecule has 0 amide bonds. The predicted molar refractivity (Wildman–Crippen MR) is 240 cm³/mol. The number of unbranched alkanes of at least 4 members (excludes halogenated alkanes) is 20. The number of carbonyl (C=O) groups excluding carboxylic acids is 2. The first-order chi connectivity index (χ1) is 28.0. The summed E-state index contributed by atoms with van der Waals surface area (Å²) in [5, 5.41) is 0. The SMILES string of the molecule is CCCCC/C=C\C/C=C\C/C=C\CCCCCCCCC(=O)OC(COC(=O)CCCCCCC/C=C\CCCCCCCC)COP(=O)([O-])OCC[N+](C)(C)C. The molecule has 0 aromatic heterocycles. The second-order valence-corrected chi connectivity index (χ2v) is 18.2. The van der Waals surface area contributed by atoms with Crippen LogP contribution in [0.15, 0.2) is 48.6 Å². The van der Waals surface area contributed by atoms with E-state index in [1.54, 1.807) is 0 Å². The molecule has 0 fully saturated rings. The lowest BCUT2D eigenvalue weighted by atomic mass is 10.1. The van der Waals surface area contributed by atoms with Gasteiger partial charge in [0, 0.05) is 12.8 Å². The van der Waals surface area contributed by atoms with Crippen molar-refractivity contribution in [1.82, 2.24) is 0 Å². The van der Waals surface area contributed by atoms with Crippen molar-refractivity contribution in [2.45, 2.75) is 200 Å². The van der Waals surface area contributed by atoms with Crippen LogP contribution in [0.4, 0.5) is 0 Å². The molecule has 0 spiro atoms. The third-order valence-electron chi connectivity index (χ3n) is 9.82. The van der Waals surface area contributed by atoms with Gasteiger partial charge in [-0.2, -0.15) is 0 Å². The molecule has 58 heavy (non-hydrogen) atoms. The van der Waals surface area contributed by atoms with Crippen LogP contribution in [0.5, 0.6) is 0 Å². The number of allylic oxidation sites excluding steroid dienone is 8. The average molecular weight is 838 g/mol. The summed E-state index contributed by atoms with van der Waals surface area (Å²) in [6.45, 7) is 4.17. The molecule has 0 radical (unpaired) electrons. The lowest BCUT2D eigenvalue weighted by Crippen LogP contribution is -2.37. The molecule has 0 aliphatic heterocycles. The second-order valence-electron chi connectivity index (χ2n) is 16.8. The normalized spacial score (nSPS) is 14.0. The summed E-state index contributed by atoms with van der Waals surface area (Å²) >= 11 is 0. The van der Waals surface area contributed by atoms with Crippen molar-refractivity contribution in [3.63, 3.8) is 0 Å². The van der Waals surface area contributed by atoms with Gasteiger partial charge >= 0.3 is 11.9 Å². The van der Waals surface area contributed by atoms with Gasteiger partial charge in [0.15, 0.2) is 6.10 Å². The molecular weight excluding hydrogens is 750 g/mol. The van der Waals surface area contributed by atoms with Crippen LogP contribution in [0.3, 0.4) is 0 Å². The topological polar surface area (TPSA) is 111 Å². The standard InChI is InChI=1S/C48H88NO8P/c1-6-8-10-12-14-16-18-20-22-23-24-25-27-29-31-33-35-37-39-41-48(51)57-46(45-56-58(52,53)55-43-42-49(3,4)5)44-54-47(50)40-38-36-34-32-30-28-26-21-19-17-15-13-11-9-7-2/h14,16,20-22,24-26,46H,6-13,15,17-19,23,27-45H2,1-5H3/b16-14-,22-20-,25-24-,26-21-. The Bertz CT molecular complexity index is 1130.